The number of methoxy groups -OCH3 is 1. The summed E-state index contributed by atoms with van der Waals surface area (Å²) in [5.41, 5.74) is 5.07. The largest absolute Gasteiger partial charge is 0.495 e. The van der Waals surface area contributed by atoms with Crippen molar-refractivity contribution in [2.45, 2.75) is 0 Å². The molecular formula is C10H10BrF2NO. The fraction of sp³-hybridized carbons (Fsp3) is 0.200. The van der Waals surface area contributed by atoms with Crippen molar-refractivity contribution in [2.75, 3.05) is 13.7 Å². The smallest absolute Gasteiger partial charge is 0.151 e. The molecule has 2 nitrogen and oxygen atoms in total. The second kappa shape index (κ2) is 5.23. The molecule has 5 heteroatoms. The Morgan fingerprint density at radius 1 is 1.53 bits per heavy atom. The van der Waals surface area contributed by atoms with Gasteiger partial charge in [0.15, 0.2) is 5.82 Å². The molecule has 0 unspecified atom stereocenters. The molecule has 0 aliphatic rings. The van der Waals surface area contributed by atoms with Crippen molar-refractivity contribution >= 4 is 22.0 Å². The molecule has 0 radical (unpaired) electrons. The maximum atomic E-state index is 13.6. The quantitative estimate of drug-likeness (QED) is 0.863. The molecule has 15 heavy (non-hydrogen) atoms. The van der Waals surface area contributed by atoms with E-state index in [0.29, 0.717) is 0 Å². The Balaban J connectivity index is 3.29. The molecule has 0 amide bonds. The summed E-state index contributed by atoms with van der Waals surface area (Å²) in [4.78, 5) is 0. The van der Waals surface area contributed by atoms with Gasteiger partial charge in [0.2, 0.25) is 0 Å². The predicted octanol–water partition coefficient (Wildman–Crippen LogP) is 2.71. The molecule has 1 rings (SSSR count). The molecule has 0 aromatic heterocycles. The molecule has 0 heterocycles. The average Bonchev–Trinajstić information content (AvgIpc) is 2.23. The molecule has 0 aliphatic heterocycles. The van der Waals surface area contributed by atoms with E-state index >= 15 is 0 Å². The minimum Gasteiger partial charge on any atom is -0.495 e. The van der Waals surface area contributed by atoms with Gasteiger partial charge in [-0.3, -0.25) is 0 Å². The molecule has 0 saturated heterocycles. The van der Waals surface area contributed by atoms with Crippen molar-refractivity contribution in [2.24, 2.45) is 5.73 Å². The van der Waals surface area contributed by atoms with Gasteiger partial charge in [0.25, 0.3) is 0 Å². The highest BCUT2D eigenvalue weighted by atomic mass is 79.9. The van der Waals surface area contributed by atoms with Crippen LogP contribution in [0.3, 0.4) is 0 Å². The number of hydrogen-bond acceptors (Lipinski definition) is 2. The standard InChI is InChI=1S/C10H10BrF2NO/c1-15-8-5-7(12)6(3-2-4-14)10(13)9(8)11/h2-3,5H,4,14H2,1H3/b3-2+. The predicted molar refractivity (Wildman–Crippen MR) is 58.7 cm³/mol. The fourth-order valence-corrected chi connectivity index (χ4v) is 1.56. The van der Waals surface area contributed by atoms with E-state index in [1.54, 1.807) is 0 Å². The topological polar surface area (TPSA) is 35.2 Å². The molecular weight excluding hydrogens is 268 g/mol. The first-order chi connectivity index (χ1) is 7.11. The molecule has 0 aliphatic carbocycles. The van der Waals surface area contributed by atoms with Gasteiger partial charge < -0.3 is 10.5 Å². The fourth-order valence-electron chi connectivity index (χ4n) is 1.07. The van der Waals surface area contributed by atoms with Crippen LogP contribution in [-0.4, -0.2) is 13.7 Å². The zero-order valence-corrected chi connectivity index (χ0v) is 9.64. The van der Waals surface area contributed by atoms with Crippen molar-refractivity contribution in [1.82, 2.24) is 0 Å². The zero-order valence-electron chi connectivity index (χ0n) is 8.06. The van der Waals surface area contributed by atoms with Crippen LogP contribution in [0.15, 0.2) is 16.6 Å². The van der Waals surface area contributed by atoms with Gasteiger partial charge in [-0.05, 0) is 15.9 Å². The molecule has 0 bridgehead atoms. The Morgan fingerprint density at radius 2 is 2.20 bits per heavy atom. The number of ether oxygens (including phenoxy) is 1. The van der Waals surface area contributed by atoms with Gasteiger partial charge >= 0.3 is 0 Å². The Bertz CT molecular complexity index is 393. The van der Waals surface area contributed by atoms with Crippen molar-refractivity contribution in [3.63, 3.8) is 0 Å². The summed E-state index contributed by atoms with van der Waals surface area (Å²) in [5, 5.41) is 0. The lowest BCUT2D eigenvalue weighted by atomic mass is 10.1. The van der Waals surface area contributed by atoms with Crippen LogP contribution < -0.4 is 10.5 Å². The van der Waals surface area contributed by atoms with Crippen molar-refractivity contribution in [3.05, 3.63) is 33.8 Å². The average molecular weight is 278 g/mol. The first kappa shape index (κ1) is 12.1. The Labute approximate surface area is 94.9 Å². The van der Waals surface area contributed by atoms with Crippen LogP contribution in [-0.2, 0) is 0 Å². The maximum Gasteiger partial charge on any atom is 0.151 e. The summed E-state index contributed by atoms with van der Waals surface area (Å²) in [6.07, 6.45) is 2.77. The maximum absolute atomic E-state index is 13.6. The minimum absolute atomic E-state index is 0.100. The number of benzene rings is 1. The Morgan fingerprint density at radius 3 is 2.73 bits per heavy atom. The first-order valence-corrected chi connectivity index (χ1v) is 4.99. The van der Waals surface area contributed by atoms with Crippen LogP contribution in [0.2, 0.25) is 0 Å². The van der Waals surface area contributed by atoms with Gasteiger partial charge in [-0.15, -0.1) is 0 Å². The molecule has 0 spiro atoms. The van der Waals surface area contributed by atoms with Gasteiger partial charge in [-0.2, -0.15) is 0 Å². The van der Waals surface area contributed by atoms with E-state index < -0.39 is 11.6 Å². The summed E-state index contributed by atoms with van der Waals surface area (Å²) in [6, 6.07) is 1.11. The summed E-state index contributed by atoms with van der Waals surface area (Å²) < 4.78 is 31.8. The molecule has 1 aromatic carbocycles. The summed E-state index contributed by atoms with van der Waals surface area (Å²) in [5.74, 6) is -1.26. The highest BCUT2D eigenvalue weighted by Crippen LogP contribution is 2.32. The molecule has 0 fully saturated rings. The lowest BCUT2D eigenvalue weighted by Gasteiger charge is -2.07. The highest BCUT2D eigenvalue weighted by molar-refractivity contribution is 9.10. The van der Waals surface area contributed by atoms with E-state index in [0.717, 1.165) is 6.07 Å². The van der Waals surface area contributed by atoms with Crippen LogP contribution in [0.4, 0.5) is 8.78 Å². The third kappa shape index (κ3) is 2.54. The van der Waals surface area contributed by atoms with Crippen LogP contribution >= 0.6 is 15.9 Å². The summed E-state index contributed by atoms with van der Waals surface area (Å²) >= 11 is 2.99. The molecule has 0 saturated carbocycles. The summed E-state index contributed by atoms with van der Waals surface area (Å²) in [6.45, 7) is 0.225. The third-order valence-electron chi connectivity index (χ3n) is 1.80. The number of halogens is 3. The van der Waals surface area contributed by atoms with Gasteiger partial charge in [0.1, 0.15) is 11.6 Å². The second-order valence-electron chi connectivity index (χ2n) is 2.74. The lowest BCUT2D eigenvalue weighted by molar-refractivity contribution is 0.402. The molecule has 0 atom stereocenters. The van der Waals surface area contributed by atoms with Gasteiger partial charge in [-0.1, -0.05) is 12.2 Å². The molecule has 82 valence electrons. The van der Waals surface area contributed by atoms with E-state index in [1.807, 2.05) is 0 Å². The van der Waals surface area contributed by atoms with E-state index in [1.165, 1.54) is 19.3 Å². The van der Waals surface area contributed by atoms with E-state index in [2.05, 4.69) is 15.9 Å². The van der Waals surface area contributed by atoms with E-state index in [9.17, 15) is 8.78 Å². The zero-order chi connectivity index (χ0) is 11.4. The SMILES string of the molecule is COc1cc(F)c(/C=C/CN)c(F)c1Br. The van der Waals surface area contributed by atoms with Crippen LogP contribution in [0, 0.1) is 11.6 Å². The summed E-state index contributed by atoms with van der Waals surface area (Å²) in [7, 11) is 1.34. The Hall–Kier alpha value is -0.940. The monoisotopic (exact) mass is 277 g/mol. The highest BCUT2D eigenvalue weighted by Gasteiger charge is 2.15. The number of rotatable bonds is 3. The molecule has 1 aromatic rings. The normalized spacial score (nSPS) is 11.0. The van der Waals surface area contributed by atoms with Crippen molar-refractivity contribution in [1.29, 1.82) is 0 Å². The van der Waals surface area contributed by atoms with E-state index in [-0.39, 0.29) is 22.3 Å². The molecule has 2 N–H and O–H groups in total. The van der Waals surface area contributed by atoms with Crippen molar-refractivity contribution in [3.8, 4) is 5.75 Å². The van der Waals surface area contributed by atoms with Gasteiger partial charge in [0, 0.05) is 18.2 Å². The third-order valence-corrected chi connectivity index (χ3v) is 2.54. The van der Waals surface area contributed by atoms with E-state index in [4.69, 9.17) is 10.5 Å². The first-order valence-electron chi connectivity index (χ1n) is 4.20. The number of nitrogens with two attached hydrogens (primary N) is 1. The van der Waals surface area contributed by atoms with Gasteiger partial charge in [-0.25, -0.2) is 8.78 Å². The van der Waals surface area contributed by atoms with Crippen LogP contribution in [0.1, 0.15) is 5.56 Å². The lowest BCUT2D eigenvalue weighted by Crippen LogP contribution is -1.97. The van der Waals surface area contributed by atoms with Crippen molar-refractivity contribution < 1.29 is 13.5 Å². The minimum atomic E-state index is -0.698. The number of hydrogen-bond donors (Lipinski definition) is 1. The van der Waals surface area contributed by atoms with Gasteiger partial charge in [0.05, 0.1) is 11.6 Å². The Kier molecular flexibility index (Phi) is 4.23. The van der Waals surface area contributed by atoms with Crippen LogP contribution in [0.5, 0.6) is 5.75 Å². The second-order valence-corrected chi connectivity index (χ2v) is 3.53. The van der Waals surface area contributed by atoms with Crippen LogP contribution in [0.25, 0.3) is 6.08 Å².